The lowest BCUT2D eigenvalue weighted by Crippen LogP contribution is -2.30. The first-order valence-electron chi connectivity index (χ1n) is 9.14. The van der Waals surface area contributed by atoms with Crippen molar-refractivity contribution in [1.82, 2.24) is 5.32 Å². The number of anilines is 2. The number of hydrogen-bond donors (Lipinski definition) is 2. The van der Waals surface area contributed by atoms with Crippen LogP contribution in [-0.2, 0) is 0 Å². The Hall–Kier alpha value is -3.08. The van der Waals surface area contributed by atoms with Gasteiger partial charge in [-0.2, -0.15) is 0 Å². The molecule has 5 heteroatoms. The predicted molar refractivity (Wildman–Crippen MR) is 112 cm³/mol. The molecule has 0 unspecified atom stereocenters. The summed E-state index contributed by atoms with van der Waals surface area (Å²) in [5, 5.41) is 5.56. The summed E-state index contributed by atoms with van der Waals surface area (Å²) in [5.74, 6) is -0.505. The van der Waals surface area contributed by atoms with Gasteiger partial charge in [-0.15, -0.1) is 6.58 Å². The fourth-order valence-corrected chi connectivity index (χ4v) is 2.89. The van der Waals surface area contributed by atoms with Gasteiger partial charge in [0.15, 0.2) is 0 Å². The van der Waals surface area contributed by atoms with Crippen molar-refractivity contribution in [2.24, 2.45) is 0 Å². The van der Waals surface area contributed by atoms with Crippen molar-refractivity contribution in [2.75, 3.05) is 23.3 Å². The molecule has 0 atom stereocenters. The van der Waals surface area contributed by atoms with Crippen LogP contribution in [0, 0.1) is 0 Å². The molecule has 2 rings (SSSR count). The second kappa shape index (κ2) is 9.57. The minimum Gasteiger partial charge on any atom is -0.369 e. The standard InChI is InChI=1S/C22H27N3O2/c1-5-15-23-22(27)19-9-7-8-10-20(19)24-21(26)17-11-13-18(14-12-17)25(6-2)16(3)4/h5,7-14,16H,1,6,15H2,2-4H3,(H,23,27)(H,24,26). The summed E-state index contributed by atoms with van der Waals surface area (Å²) in [5.41, 5.74) is 2.51. The van der Waals surface area contributed by atoms with Crippen LogP contribution < -0.4 is 15.5 Å². The van der Waals surface area contributed by atoms with Crippen LogP contribution in [-0.4, -0.2) is 30.9 Å². The van der Waals surface area contributed by atoms with E-state index < -0.39 is 0 Å². The summed E-state index contributed by atoms with van der Waals surface area (Å²) in [7, 11) is 0. The molecule has 0 saturated heterocycles. The minimum atomic E-state index is -0.253. The number of rotatable bonds is 8. The van der Waals surface area contributed by atoms with Gasteiger partial charge in [-0.1, -0.05) is 18.2 Å². The monoisotopic (exact) mass is 365 g/mol. The van der Waals surface area contributed by atoms with E-state index in [2.05, 4.69) is 42.9 Å². The molecule has 0 aromatic heterocycles. The molecule has 2 aromatic rings. The van der Waals surface area contributed by atoms with E-state index in [1.807, 2.05) is 12.1 Å². The summed E-state index contributed by atoms with van der Waals surface area (Å²) in [6, 6.07) is 14.8. The van der Waals surface area contributed by atoms with Gasteiger partial charge in [-0.25, -0.2) is 0 Å². The Morgan fingerprint density at radius 1 is 1.07 bits per heavy atom. The summed E-state index contributed by atoms with van der Waals surface area (Å²) in [6.07, 6.45) is 1.61. The average molecular weight is 365 g/mol. The molecule has 0 bridgehead atoms. The zero-order valence-corrected chi connectivity index (χ0v) is 16.2. The van der Waals surface area contributed by atoms with Gasteiger partial charge in [0, 0.05) is 30.4 Å². The van der Waals surface area contributed by atoms with Crippen molar-refractivity contribution in [3.63, 3.8) is 0 Å². The van der Waals surface area contributed by atoms with E-state index in [4.69, 9.17) is 0 Å². The molecule has 0 aliphatic heterocycles. The van der Waals surface area contributed by atoms with Crippen LogP contribution in [0.1, 0.15) is 41.5 Å². The van der Waals surface area contributed by atoms with E-state index in [-0.39, 0.29) is 11.8 Å². The van der Waals surface area contributed by atoms with Gasteiger partial charge in [0.25, 0.3) is 11.8 Å². The van der Waals surface area contributed by atoms with E-state index in [1.165, 1.54) is 0 Å². The molecule has 0 heterocycles. The number of nitrogens with zero attached hydrogens (tertiary/aromatic N) is 1. The first kappa shape index (κ1) is 20.2. The average Bonchev–Trinajstić information content (AvgIpc) is 2.67. The summed E-state index contributed by atoms with van der Waals surface area (Å²) >= 11 is 0. The molecule has 0 saturated carbocycles. The smallest absolute Gasteiger partial charge is 0.255 e. The molecule has 2 N–H and O–H groups in total. The maximum atomic E-state index is 12.6. The van der Waals surface area contributed by atoms with Crippen LogP contribution in [0.25, 0.3) is 0 Å². The highest BCUT2D eigenvalue weighted by molar-refractivity contribution is 6.09. The van der Waals surface area contributed by atoms with Gasteiger partial charge in [0.1, 0.15) is 0 Å². The molecular weight excluding hydrogens is 338 g/mol. The third kappa shape index (κ3) is 5.20. The van der Waals surface area contributed by atoms with E-state index >= 15 is 0 Å². The van der Waals surface area contributed by atoms with E-state index in [0.717, 1.165) is 12.2 Å². The molecular formula is C22H27N3O2. The highest BCUT2D eigenvalue weighted by atomic mass is 16.2. The second-order valence-corrected chi connectivity index (χ2v) is 6.43. The molecule has 2 aromatic carbocycles. The third-order valence-electron chi connectivity index (χ3n) is 4.25. The van der Waals surface area contributed by atoms with Gasteiger partial charge in [-0.05, 0) is 57.2 Å². The number of hydrogen-bond acceptors (Lipinski definition) is 3. The Morgan fingerprint density at radius 3 is 2.33 bits per heavy atom. The maximum Gasteiger partial charge on any atom is 0.255 e. The van der Waals surface area contributed by atoms with Crippen molar-refractivity contribution in [3.05, 3.63) is 72.3 Å². The first-order valence-corrected chi connectivity index (χ1v) is 9.14. The van der Waals surface area contributed by atoms with Crippen LogP contribution in [0.15, 0.2) is 61.2 Å². The molecule has 2 amide bonds. The fourth-order valence-electron chi connectivity index (χ4n) is 2.89. The van der Waals surface area contributed by atoms with Gasteiger partial charge in [0.2, 0.25) is 0 Å². The molecule has 0 fully saturated rings. The minimum absolute atomic E-state index is 0.252. The number of nitrogens with one attached hydrogen (secondary N) is 2. The lowest BCUT2D eigenvalue weighted by Gasteiger charge is -2.27. The molecule has 0 aliphatic carbocycles. The summed E-state index contributed by atoms with van der Waals surface area (Å²) in [4.78, 5) is 27.1. The van der Waals surface area contributed by atoms with E-state index in [9.17, 15) is 9.59 Å². The fraction of sp³-hybridized carbons (Fsp3) is 0.273. The lowest BCUT2D eigenvalue weighted by molar-refractivity contribution is 0.0959. The molecule has 5 nitrogen and oxygen atoms in total. The molecule has 0 radical (unpaired) electrons. The summed E-state index contributed by atoms with van der Waals surface area (Å²) in [6.45, 7) is 11.2. The second-order valence-electron chi connectivity index (χ2n) is 6.43. The Balaban J connectivity index is 2.16. The third-order valence-corrected chi connectivity index (χ3v) is 4.25. The van der Waals surface area contributed by atoms with Crippen LogP contribution in [0.5, 0.6) is 0 Å². The highest BCUT2D eigenvalue weighted by Gasteiger charge is 2.14. The predicted octanol–water partition coefficient (Wildman–Crippen LogP) is 4.09. The van der Waals surface area contributed by atoms with E-state index in [1.54, 1.807) is 42.5 Å². The van der Waals surface area contributed by atoms with Crippen LogP contribution in [0.3, 0.4) is 0 Å². The number of carbonyl (C=O) groups is 2. The number of benzene rings is 2. The van der Waals surface area contributed by atoms with Crippen molar-refractivity contribution in [3.8, 4) is 0 Å². The number of amides is 2. The van der Waals surface area contributed by atoms with Gasteiger partial charge in [-0.3, -0.25) is 9.59 Å². The molecule has 142 valence electrons. The van der Waals surface area contributed by atoms with Gasteiger partial charge in [0.05, 0.1) is 11.3 Å². The largest absolute Gasteiger partial charge is 0.369 e. The molecule has 0 spiro atoms. The topological polar surface area (TPSA) is 61.4 Å². The Bertz CT molecular complexity index is 797. The van der Waals surface area contributed by atoms with E-state index in [0.29, 0.717) is 29.4 Å². The summed E-state index contributed by atoms with van der Waals surface area (Å²) < 4.78 is 0. The maximum absolute atomic E-state index is 12.6. The van der Waals surface area contributed by atoms with Crippen LogP contribution in [0.2, 0.25) is 0 Å². The van der Waals surface area contributed by atoms with Crippen LogP contribution >= 0.6 is 0 Å². The quantitative estimate of drug-likeness (QED) is 0.693. The zero-order chi connectivity index (χ0) is 19.8. The van der Waals surface area contributed by atoms with Crippen molar-refractivity contribution >= 4 is 23.2 Å². The van der Waals surface area contributed by atoms with Crippen LogP contribution in [0.4, 0.5) is 11.4 Å². The molecule has 0 aliphatic rings. The highest BCUT2D eigenvalue weighted by Crippen LogP contribution is 2.20. The molecule has 27 heavy (non-hydrogen) atoms. The van der Waals surface area contributed by atoms with Crippen molar-refractivity contribution < 1.29 is 9.59 Å². The number of carbonyl (C=O) groups excluding carboxylic acids is 2. The van der Waals surface area contributed by atoms with Gasteiger partial charge < -0.3 is 15.5 Å². The Morgan fingerprint density at radius 2 is 1.74 bits per heavy atom. The normalized spacial score (nSPS) is 10.4. The van der Waals surface area contributed by atoms with Crippen molar-refractivity contribution in [1.29, 1.82) is 0 Å². The number of para-hydroxylation sites is 1. The zero-order valence-electron chi connectivity index (χ0n) is 16.2. The SMILES string of the molecule is C=CCNC(=O)c1ccccc1NC(=O)c1ccc(N(CC)C(C)C)cc1. The lowest BCUT2D eigenvalue weighted by atomic mass is 10.1. The Kier molecular flexibility index (Phi) is 7.17. The van der Waals surface area contributed by atoms with Gasteiger partial charge >= 0.3 is 0 Å². The van der Waals surface area contributed by atoms with Crippen molar-refractivity contribution in [2.45, 2.75) is 26.8 Å². The first-order chi connectivity index (χ1) is 13.0. The Labute approximate surface area is 161 Å².